The Labute approximate surface area is 219 Å². The van der Waals surface area contributed by atoms with E-state index in [1.807, 2.05) is 60.7 Å². The van der Waals surface area contributed by atoms with Crippen molar-refractivity contribution in [3.8, 4) is 17.6 Å². The monoisotopic (exact) mass is 497 g/mol. The topological polar surface area (TPSA) is 88.6 Å². The molecule has 0 aromatic heterocycles. The van der Waals surface area contributed by atoms with Gasteiger partial charge in [0, 0.05) is 25.2 Å². The van der Waals surface area contributed by atoms with E-state index in [9.17, 15) is 10.1 Å². The number of nitriles is 1. The normalized spacial score (nSPS) is 16.8. The van der Waals surface area contributed by atoms with Gasteiger partial charge < -0.3 is 15.2 Å². The Morgan fingerprint density at radius 1 is 1.08 bits per heavy atom. The fourth-order valence-electron chi connectivity index (χ4n) is 5.58. The van der Waals surface area contributed by atoms with E-state index in [-0.39, 0.29) is 18.1 Å². The van der Waals surface area contributed by atoms with Gasteiger partial charge in [0.15, 0.2) is 0 Å². The van der Waals surface area contributed by atoms with E-state index in [1.54, 1.807) is 25.3 Å². The summed E-state index contributed by atoms with van der Waals surface area (Å²) in [5, 5.41) is 9.58. The number of nitrogens with two attached hydrogens (primary N) is 1. The Kier molecular flexibility index (Phi) is 8.15. The first kappa shape index (κ1) is 26.2. The Bertz CT molecular complexity index is 1200. The molecule has 0 spiro atoms. The van der Waals surface area contributed by atoms with Crippen molar-refractivity contribution in [3.63, 3.8) is 0 Å². The second-order valence-corrected chi connectivity index (χ2v) is 10.0. The number of benzene rings is 3. The van der Waals surface area contributed by atoms with Gasteiger partial charge in [0.25, 0.3) is 0 Å². The zero-order valence-electron chi connectivity index (χ0n) is 21.8. The summed E-state index contributed by atoms with van der Waals surface area (Å²) in [6.07, 6.45) is 1.42. The highest BCUT2D eigenvalue weighted by atomic mass is 16.5. The fourth-order valence-corrected chi connectivity index (χ4v) is 5.58. The van der Waals surface area contributed by atoms with Crippen LogP contribution in [0.5, 0.6) is 11.5 Å². The number of likely N-dealkylation sites (tertiary alicyclic amines) is 1. The van der Waals surface area contributed by atoms with Gasteiger partial charge >= 0.3 is 0 Å². The van der Waals surface area contributed by atoms with Crippen LogP contribution in [0.15, 0.2) is 78.9 Å². The summed E-state index contributed by atoms with van der Waals surface area (Å²) in [7, 11) is 1.59. The van der Waals surface area contributed by atoms with E-state index >= 15 is 0 Å². The molecular formula is C31H35N3O3. The largest absolute Gasteiger partial charge is 0.497 e. The second kappa shape index (κ2) is 11.5. The molecule has 3 aromatic carbocycles. The Morgan fingerprint density at radius 3 is 2.22 bits per heavy atom. The molecule has 0 saturated carbocycles. The van der Waals surface area contributed by atoms with Crippen molar-refractivity contribution in [1.29, 1.82) is 5.26 Å². The molecule has 1 fully saturated rings. The maximum Gasteiger partial charge on any atom is 0.234 e. The highest BCUT2D eigenvalue weighted by molar-refractivity contribution is 5.92. The first-order chi connectivity index (χ1) is 17.9. The number of hydrogen-bond acceptors (Lipinski definition) is 5. The van der Waals surface area contributed by atoms with E-state index in [2.05, 4.69) is 24.8 Å². The minimum Gasteiger partial charge on any atom is -0.497 e. The molecule has 1 aliphatic heterocycles. The summed E-state index contributed by atoms with van der Waals surface area (Å²) in [6, 6.07) is 27.0. The maximum atomic E-state index is 13.6. The van der Waals surface area contributed by atoms with Crippen molar-refractivity contribution in [3.05, 3.63) is 95.6 Å². The van der Waals surface area contributed by atoms with E-state index in [1.165, 1.54) is 0 Å². The number of ether oxygens (including phenoxy) is 2. The number of carbonyl (C=O) groups is 1. The van der Waals surface area contributed by atoms with Gasteiger partial charge in [-0.25, -0.2) is 0 Å². The molecule has 6 nitrogen and oxygen atoms in total. The van der Waals surface area contributed by atoms with Crippen molar-refractivity contribution < 1.29 is 14.3 Å². The summed E-state index contributed by atoms with van der Waals surface area (Å²) in [5.74, 6) is 1.13. The number of amides is 1. The number of carbonyl (C=O) groups excluding carboxylic acids is 1. The minimum atomic E-state index is -1.03. The van der Waals surface area contributed by atoms with Crippen molar-refractivity contribution in [2.75, 3.05) is 20.2 Å². The molecule has 4 rings (SSSR count). The fraction of sp³-hybridized carbons (Fsp3) is 0.355. The second-order valence-electron chi connectivity index (χ2n) is 10.0. The van der Waals surface area contributed by atoms with Crippen LogP contribution < -0.4 is 15.2 Å². The van der Waals surface area contributed by atoms with E-state index in [0.717, 1.165) is 30.5 Å². The Hall–Kier alpha value is -3.82. The van der Waals surface area contributed by atoms with Gasteiger partial charge in [0.1, 0.15) is 29.1 Å². The number of rotatable bonds is 10. The van der Waals surface area contributed by atoms with Crippen LogP contribution in [0.1, 0.15) is 43.4 Å². The highest BCUT2D eigenvalue weighted by Crippen LogP contribution is 2.42. The molecule has 0 radical (unpaired) electrons. The molecule has 0 bridgehead atoms. The number of hydrogen-bond donors (Lipinski definition) is 1. The van der Waals surface area contributed by atoms with E-state index in [0.29, 0.717) is 29.5 Å². The summed E-state index contributed by atoms with van der Waals surface area (Å²) >= 11 is 0. The minimum absolute atomic E-state index is 0.133. The lowest BCUT2D eigenvalue weighted by Crippen LogP contribution is -2.58. The molecule has 192 valence electrons. The lowest BCUT2D eigenvalue weighted by molar-refractivity contribution is -0.124. The molecule has 0 aliphatic carbocycles. The third-order valence-electron chi connectivity index (χ3n) is 7.26. The molecule has 37 heavy (non-hydrogen) atoms. The summed E-state index contributed by atoms with van der Waals surface area (Å²) in [6.45, 7) is 5.72. The number of nitrogens with zero attached hydrogens (tertiary/aromatic N) is 2. The van der Waals surface area contributed by atoms with Crippen LogP contribution in [0.4, 0.5) is 0 Å². The van der Waals surface area contributed by atoms with Crippen molar-refractivity contribution in [1.82, 2.24) is 4.90 Å². The molecule has 1 amide bonds. The smallest absolute Gasteiger partial charge is 0.234 e. The third-order valence-corrected chi connectivity index (χ3v) is 7.26. The van der Waals surface area contributed by atoms with Gasteiger partial charge in [-0.1, -0.05) is 74.5 Å². The molecule has 2 N–H and O–H groups in total. The molecule has 1 heterocycles. The van der Waals surface area contributed by atoms with Crippen molar-refractivity contribution >= 4 is 5.91 Å². The SMILES string of the molecule is COc1ccc(C#N)c(OC2CCN([C@@H](CC(C)C)C(C(N)=O)(c3ccccc3)c3ccccc3)C2)c1. The number of primary amides is 1. The Morgan fingerprint density at radius 2 is 1.70 bits per heavy atom. The van der Waals surface area contributed by atoms with Crippen LogP contribution >= 0.6 is 0 Å². The van der Waals surface area contributed by atoms with Crippen LogP contribution in [-0.2, 0) is 10.2 Å². The van der Waals surface area contributed by atoms with E-state index in [4.69, 9.17) is 15.2 Å². The molecular weight excluding hydrogens is 462 g/mol. The first-order valence-electron chi connectivity index (χ1n) is 12.8. The van der Waals surface area contributed by atoms with Crippen LogP contribution in [0.3, 0.4) is 0 Å². The lowest BCUT2D eigenvalue weighted by Gasteiger charge is -2.44. The van der Waals surface area contributed by atoms with Crippen LogP contribution in [0.2, 0.25) is 0 Å². The average molecular weight is 498 g/mol. The standard InChI is InChI=1S/C31H35N3O3/c1-22(2)18-29(31(30(33)35,24-10-6-4-7-11-24)25-12-8-5-9-13-25)34-17-16-27(21-34)37-28-19-26(36-3)15-14-23(28)20-32/h4-15,19,22,27,29H,16-18,21H2,1-3H3,(H2,33,35)/t27?,29-/m0/s1. The first-order valence-corrected chi connectivity index (χ1v) is 12.8. The molecule has 1 saturated heterocycles. The predicted octanol–water partition coefficient (Wildman–Crippen LogP) is 4.91. The summed E-state index contributed by atoms with van der Waals surface area (Å²) in [4.78, 5) is 16.0. The molecule has 1 unspecified atom stereocenters. The van der Waals surface area contributed by atoms with Crippen LogP contribution in [0, 0.1) is 17.2 Å². The Balaban J connectivity index is 1.74. The van der Waals surface area contributed by atoms with Crippen LogP contribution in [0.25, 0.3) is 0 Å². The van der Waals surface area contributed by atoms with E-state index < -0.39 is 5.41 Å². The summed E-state index contributed by atoms with van der Waals surface area (Å²) in [5.41, 5.74) is 7.58. The van der Waals surface area contributed by atoms with Gasteiger partial charge in [-0.05, 0) is 42.0 Å². The van der Waals surface area contributed by atoms with Crippen molar-refractivity contribution in [2.45, 2.75) is 44.2 Å². The van der Waals surface area contributed by atoms with Gasteiger partial charge in [-0.15, -0.1) is 0 Å². The maximum absolute atomic E-state index is 13.6. The predicted molar refractivity (Wildman–Crippen MR) is 144 cm³/mol. The lowest BCUT2D eigenvalue weighted by atomic mass is 9.66. The van der Waals surface area contributed by atoms with Gasteiger partial charge in [0.05, 0.1) is 12.7 Å². The average Bonchev–Trinajstić information content (AvgIpc) is 3.37. The summed E-state index contributed by atoms with van der Waals surface area (Å²) < 4.78 is 11.7. The zero-order valence-corrected chi connectivity index (χ0v) is 21.8. The van der Waals surface area contributed by atoms with Crippen LogP contribution in [-0.4, -0.2) is 43.2 Å². The highest BCUT2D eigenvalue weighted by Gasteiger charge is 2.51. The zero-order chi connectivity index (χ0) is 26.4. The van der Waals surface area contributed by atoms with Gasteiger partial charge in [0.2, 0.25) is 5.91 Å². The van der Waals surface area contributed by atoms with Gasteiger partial charge in [-0.2, -0.15) is 5.26 Å². The third kappa shape index (κ3) is 5.33. The van der Waals surface area contributed by atoms with Crippen molar-refractivity contribution in [2.24, 2.45) is 11.7 Å². The molecule has 3 aromatic rings. The quantitative estimate of drug-likeness (QED) is 0.430. The molecule has 1 aliphatic rings. The molecule has 6 heteroatoms. The number of methoxy groups -OCH3 is 1. The molecule has 2 atom stereocenters. The van der Waals surface area contributed by atoms with Gasteiger partial charge in [-0.3, -0.25) is 9.69 Å².